The van der Waals surface area contributed by atoms with Crippen LogP contribution >= 0.6 is 0 Å². The van der Waals surface area contributed by atoms with E-state index in [0.29, 0.717) is 11.3 Å². The fraction of sp³-hybridized carbons (Fsp3) is 0.850. The minimum atomic E-state index is -0.0539. The van der Waals surface area contributed by atoms with Crippen LogP contribution < -0.4 is 0 Å². The van der Waals surface area contributed by atoms with Crippen molar-refractivity contribution >= 4 is 0 Å². The predicted molar refractivity (Wildman–Crippen MR) is 86.8 cm³/mol. The molecule has 0 aromatic rings. The van der Waals surface area contributed by atoms with E-state index in [1.807, 2.05) is 0 Å². The second kappa shape index (κ2) is 4.84. The first-order chi connectivity index (χ1) is 10.5. The predicted octanol–water partition coefficient (Wildman–Crippen LogP) is 4.45. The van der Waals surface area contributed by atoms with Crippen LogP contribution in [0.3, 0.4) is 0 Å². The molecule has 1 N–H and O–H groups in total. The highest BCUT2D eigenvalue weighted by Crippen LogP contribution is 2.65. The lowest BCUT2D eigenvalue weighted by Crippen LogP contribution is -2.53. The highest BCUT2D eigenvalue weighted by Gasteiger charge is 2.57. The van der Waals surface area contributed by atoms with Crippen LogP contribution in [0.4, 0.5) is 0 Å². The molecule has 0 aromatic carbocycles. The Labute approximate surface area is 134 Å². The van der Waals surface area contributed by atoms with E-state index in [1.54, 1.807) is 0 Å². The van der Waals surface area contributed by atoms with Crippen LogP contribution in [0.2, 0.25) is 0 Å². The Kier molecular flexibility index (Phi) is 3.25. The summed E-state index contributed by atoms with van der Waals surface area (Å²) in [5, 5.41) is 19.4. The molecule has 7 atom stereocenters. The molecule has 0 heterocycles. The Bertz CT molecular complexity index is 546. The van der Waals surface area contributed by atoms with Crippen molar-refractivity contribution in [3.05, 3.63) is 11.6 Å². The van der Waals surface area contributed by atoms with Gasteiger partial charge in [0.25, 0.3) is 0 Å². The van der Waals surface area contributed by atoms with Crippen molar-refractivity contribution in [2.45, 2.75) is 71.3 Å². The van der Waals surface area contributed by atoms with Crippen LogP contribution in [-0.4, -0.2) is 11.2 Å². The number of aliphatic hydroxyl groups is 1. The van der Waals surface area contributed by atoms with Gasteiger partial charge in [0.2, 0.25) is 0 Å². The van der Waals surface area contributed by atoms with E-state index in [9.17, 15) is 10.4 Å². The number of hydrogen-bond acceptors (Lipinski definition) is 2. The molecule has 3 fully saturated rings. The van der Waals surface area contributed by atoms with Gasteiger partial charge in [0.15, 0.2) is 0 Å². The van der Waals surface area contributed by atoms with Gasteiger partial charge in [-0.2, -0.15) is 5.26 Å². The molecule has 0 spiro atoms. The van der Waals surface area contributed by atoms with Gasteiger partial charge in [-0.1, -0.05) is 19.9 Å². The molecule has 4 aliphatic rings. The highest BCUT2D eigenvalue weighted by molar-refractivity contribution is 5.32. The van der Waals surface area contributed by atoms with E-state index in [2.05, 4.69) is 26.0 Å². The molecule has 0 aliphatic heterocycles. The van der Waals surface area contributed by atoms with Gasteiger partial charge in [-0.15, -0.1) is 0 Å². The van der Waals surface area contributed by atoms with E-state index in [4.69, 9.17) is 0 Å². The summed E-state index contributed by atoms with van der Waals surface area (Å²) in [7, 11) is 0. The average Bonchev–Trinajstić information content (AvgIpc) is 2.85. The summed E-state index contributed by atoms with van der Waals surface area (Å²) in [6.07, 6.45) is 11.7. The smallest absolute Gasteiger partial charge is 0.0944 e. The minimum absolute atomic E-state index is 0.0539. The first-order valence-corrected chi connectivity index (χ1v) is 9.26. The van der Waals surface area contributed by atoms with Gasteiger partial charge in [-0.3, -0.25) is 0 Å². The van der Waals surface area contributed by atoms with E-state index < -0.39 is 0 Å². The first-order valence-electron chi connectivity index (χ1n) is 9.26. The Balaban J connectivity index is 1.63. The normalized spacial score (nSPS) is 53.7. The number of allylic oxidation sites excluding steroid dienone is 2. The SMILES string of the molecule is C[C@@]12CC[C@H](O)C[C@@H]1CC[C@H]1C2CC[C@@]2(C)C=C(C#N)CC12. The summed E-state index contributed by atoms with van der Waals surface area (Å²) in [5.74, 6) is 3.05. The van der Waals surface area contributed by atoms with Crippen LogP contribution in [0.25, 0.3) is 0 Å². The lowest BCUT2D eigenvalue weighted by Gasteiger charge is -2.60. The van der Waals surface area contributed by atoms with Crippen molar-refractivity contribution in [2.75, 3.05) is 0 Å². The van der Waals surface area contributed by atoms with Gasteiger partial charge in [0.05, 0.1) is 12.2 Å². The van der Waals surface area contributed by atoms with Gasteiger partial charge in [-0.25, -0.2) is 0 Å². The summed E-state index contributed by atoms with van der Waals surface area (Å²) in [4.78, 5) is 0. The molecule has 3 saturated carbocycles. The number of nitriles is 1. The zero-order chi connectivity index (χ0) is 15.5. The van der Waals surface area contributed by atoms with Crippen molar-refractivity contribution in [3.63, 3.8) is 0 Å². The van der Waals surface area contributed by atoms with Crippen molar-refractivity contribution in [1.29, 1.82) is 5.26 Å². The molecule has 0 amide bonds. The lowest BCUT2D eigenvalue weighted by atomic mass is 9.45. The van der Waals surface area contributed by atoms with E-state index in [-0.39, 0.29) is 11.5 Å². The van der Waals surface area contributed by atoms with Gasteiger partial charge < -0.3 is 5.11 Å². The van der Waals surface area contributed by atoms with Crippen molar-refractivity contribution < 1.29 is 5.11 Å². The second-order valence-electron chi connectivity index (χ2n) is 9.12. The topological polar surface area (TPSA) is 44.0 Å². The standard InChI is InChI=1S/C20H29NO/c1-19-7-6-17-16(18(19)9-13(11-19)12-21)4-3-14-10-15(22)5-8-20(14,17)2/h11,14-18,22H,3-10H2,1-2H3/t14-,15-,16-,17?,18?,19-,20+/m0/s1. The van der Waals surface area contributed by atoms with Gasteiger partial charge >= 0.3 is 0 Å². The van der Waals surface area contributed by atoms with Gasteiger partial charge in [-0.05, 0) is 85.9 Å². The fourth-order valence-electron chi connectivity index (χ4n) is 6.92. The Hall–Kier alpha value is -0.810. The van der Waals surface area contributed by atoms with Crippen LogP contribution in [0.15, 0.2) is 11.6 Å². The quantitative estimate of drug-likeness (QED) is 0.718. The second-order valence-corrected chi connectivity index (χ2v) is 9.12. The summed E-state index contributed by atoms with van der Waals surface area (Å²) >= 11 is 0. The maximum atomic E-state index is 10.1. The third-order valence-electron chi connectivity index (χ3n) is 8.16. The monoisotopic (exact) mass is 299 g/mol. The largest absolute Gasteiger partial charge is 0.393 e. The molecule has 0 radical (unpaired) electrons. The summed E-state index contributed by atoms with van der Waals surface area (Å²) in [6, 6.07) is 2.44. The van der Waals surface area contributed by atoms with E-state index >= 15 is 0 Å². The Morgan fingerprint density at radius 1 is 1.14 bits per heavy atom. The van der Waals surface area contributed by atoms with Crippen LogP contribution in [0.1, 0.15) is 65.2 Å². The average molecular weight is 299 g/mol. The van der Waals surface area contributed by atoms with Gasteiger partial charge in [0.1, 0.15) is 0 Å². The fourth-order valence-corrected chi connectivity index (χ4v) is 6.92. The highest BCUT2D eigenvalue weighted by atomic mass is 16.3. The molecule has 0 aromatic heterocycles. The molecular weight excluding hydrogens is 270 g/mol. The van der Waals surface area contributed by atoms with Crippen molar-refractivity contribution in [3.8, 4) is 6.07 Å². The molecule has 2 unspecified atom stereocenters. The third-order valence-corrected chi connectivity index (χ3v) is 8.16. The molecule has 4 rings (SSSR count). The summed E-state index contributed by atoms with van der Waals surface area (Å²) < 4.78 is 0. The van der Waals surface area contributed by atoms with Crippen molar-refractivity contribution in [2.24, 2.45) is 34.5 Å². The van der Waals surface area contributed by atoms with Crippen LogP contribution in [-0.2, 0) is 0 Å². The Morgan fingerprint density at radius 2 is 1.95 bits per heavy atom. The molecule has 0 bridgehead atoms. The molecular formula is C20H29NO. The van der Waals surface area contributed by atoms with Gasteiger partial charge in [0, 0.05) is 5.57 Å². The molecule has 22 heavy (non-hydrogen) atoms. The third kappa shape index (κ3) is 1.94. The number of rotatable bonds is 0. The molecule has 2 heteroatoms. The molecule has 2 nitrogen and oxygen atoms in total. The Morgan fingerprint density at radius 3 is 2.73 bits per heavy atom. The summed E-state index contributed by atoms with van der Waals surface area (Å²) in [5.41, 5.74) is 1.77. The molecule has 4 aliphatic carbocycles. The number of hydrogen-bond donors (Lipinski definition) is 1. The molecule has 0 saturated heterocycles. The lowest BCUT2D eigenvalue weighted by molar-refractivity contribution is -0.116. The maximum Gasteiger partial charge on any atom is 0.0944 e. The van der Waals surface area contributed by atoms with E-state index in [0.717, 1.165) is 42.6 Å². The zero-order valence-corrected chi connectivity index (χ0v) is 14.0. The van der Waals surface area contributed by atoms with Crippen molar-refractivity contribution in [1.82, 2.24) is 0 Å². The zero-order valence-electron chi connectivity index (χ0n) is 14.0. The van der Waals surface area contributed by atoms with Crippen LogP contribution in [0, 0.1) is 45.8 Å². The number of aliphatic hydroxyl groups excluding tert-OH is 1. The maximum absolute atomic E-state index is 10.1. The number of fused-ring (bicyclic) bond motifs is 5. The molecule has 120 valence electrons. The van der Waals surface area contributed by atoms with E-state index in [1.165, 1.54) is 32.1 Å². The minimum Gasteiger partial charge on any atom is -0.393 e. The van der Waals surface area contributed by atoms with Crippen LogP contribution in [0.5, 0.6) is 0 Å². The summed E-state index contributed by atoms with van der Waals surface area (Å²) in [6.45, 7) is 4.92. The number of nitrogens with zero attached hydrogens (tertiary/aromatic N) is 1. The first kappa shape index (κ1) is 14.8.